The molecule has 2 aromatic rings. The zero-order chi connectivity index (χ0) is 22.3. The molecule has 1 heterocycles. The molecule has 3 rings (SSSR count). The summed E-state index contributed by atoms with van der Waals surface area (Å²) in [6.45, 7) is 13.6. The normalized spacial score (nSPS) is 17.7. The lowest BCUT2D eigenvalue weighted by Crippen LogP contribution is -2.55. The van der Waals surface area contributed by atoms with Crippen LogP contribution in [-0.2, 0) is 0 Å². The molecule has 0 bridgehead atoms. The maximum Gasteiger partial charge on any atom is 0.315 e. The molecule has 0 aliphatic carbocycles. The molecule has 1 aliphatic rings. The third kappa shape index (κ3) is 6.31. The number of nitrogens with zero attached hydrogens (tertiary/aromatic N) is 2. The Morgan fingerprint density at radius 1 is 0.903 bits per heavy atom. The molecule has 0 aromatic heterocycles. The van der Waals surface area contributed by atoms with Crippen LogP contribution in [0.5, 0.6) is 0 Å². The van der Waals surface area contributed by atoms with Crippen molar-refractivity contribution in [1.29, 1.82) is 0 Å². The standard InChI is InChI=1S/C26H38N4O/c1-5-16-27-25(31)28-23(21-12-8-6-9-13-21)24(22-14-10-7-11-15-22)29-17-19-30(20-18-29)26(2,3)4/h6-15,23-24H,5,16-20H2,1-4H3,(H2,27,28,31)/t23-,24+/m1/s1. The predicted octanol–water partition coefficient (Wildman–Crippen LogP) is 4.59. The Morgan fingerprint density at radius 3 is 1.97 bits per heavy atom. The Bertz CT molecular complexity index is 795. The quantitative estimate of drug-likeness (QED) is 0.686. The van der Waals surface area contributed by atoms with Crippen LogP contribution < -0.4 is 10.6 Å². The van der Waals surface area contributed by atoms with Crippen molar-refractivity contribution >= 4 is 6.03 Å². The maximum absolute atomic E-state index is 12.7. The molecule has 168 valence electrons. The molecule has 2 aromatic carbocycles. The van der Waals surface area contributed by atoms with Gasteiger partial charge in [-0.2, -0.15) is 0 Å². The van der Waals surface area contributed by atoms with Gasteiger partial charge in [0.1, 0.15) is 0 Å². The Morgan fingerprint density at radius 2 is 1.45 bits per heavy atom. The third-order valence-corrected chi connectivity index (χ3v) is 6.09. The second-order valence-corrected chi connectivity index (χ2v) is 9.34. The lowest BCUT2D eigenvalue weighted by molar-refractivity contribution is 0.0328. The van der Waals surface area contributed by atoms with Gasteiger partial charge in [0.15, 0.2) is 0 Å². The van der Waals surface area contributed by atoms with E-state index in [9.17, 15) is 4.79 Å². The highest BCUT2D eigenvalue weighted by atomic mass is 16.2. The van der Waals surface area contributed by atoms with E-state index in [2.05, 4.69) is 90.6 Å². The summed E-state index contributed by atoms with van der Waals surface area (Å²) < 4.78 is 0. The molecule has 0 radical (unpaired) electrons. The number of nitrogens with one attached hydrogen (secondary N) is 2. The Labute approximate surface area is 187 Å². The number of hydrogen-bond donors (Lipinski definition) is 2. The summed E-state index contributed by atoms with van der Waals surface area (Å²) in [6.07, 6.45) is 0.917. The fraction of sp³-hybridized carbons (Fsp3) is 0.500. The van der Waals surface area contributed by atoms with Gasteiger partial charge >= 0.3 is 6.03 Å². The summed E-state index contributed by atoms with van der Waals surface area (Å²) in [6, 6.07) is 20.8. The van der Waals surface area contributed by atoms with E-state index in [0.717, 1.165) is 38.2 Å². The van der Waals surface area contributed by atoms with E-state index in [1.807, 2.05) is 18.2 Å². The van der Waals surface area contributed by atoms with Gasteiger partial charge in [0, 0.05) is 38.3 Å². The molecule has 5 heteroatoms. The zero-order valence-electron chi connectivity index (χ0n) is 19.5. The minimum Gasteiger partial charge on any atom is -0.338 e. The Hall–Kier alpha value is -2.37. The van der Waals surface area contributed by atoms with E-state index < -0.39 is 0 Å². The van der Waals surface area contributed by atoms with Gasteiger partial charge in [0.05, 0.1) is 12.1 Å². The van der Waals surface area contributed by atoms with Crippen LogP contribution >= 0.6 is 0 Å². The number of carbonyl (C=O) groups is 1. The number of rotatable bonds is 7. The molecule has 1 fully saturated rings. The lowest BCUT2D eigenvalue weighted by Gasteiger charge is -2.46. The van der Waals surface area contributed by atoms with Crippen molar-refractivity contribution in [2.45, 2.75) is 51.7 Å². The Kier molecular flexibility index (Phi) is 8.10. The van der Waals surface area contributed by atoms with Gasteiger partial charge < -0.3 is 10.6 Å². The summed E-state index contributed by atoms with van der Waals surface area (Å²) in [7, 11) is 0. The van der Waals surface area contributed by atoms with Crippen LogP contribution in [0.3, 0.4) is 0 Å². The first-order valence-corrected chi connectivity index (χ1v) is 11.5. The smallest absolute Gasteiger partial charge is 0.315 e. The van der Waals surface area contributed by atoms with Crippen molar-refractivity contribution in [1.82, 2.24) is 20.4 Å². The highest BCUT2D eigenvalue weighted by Crippen LogP contribution is 2.35. The molecule has 2 N–H and O–H groups in total. The first-order valence-electron chi connectivity index (χ1n) is 11.5. The number of amides is 2. The SMILES string of the molecule is CCCNC(=O)N[C@H](c1ccccc1)[C@H](c1ccccc1)N1CCN(C(C)(C)C)CC1. The van der Waals surface area contributed by atoms with Crippen molar-refractivity contribution in [3.63, 3.8) is 0 Å². The van der Waals surface area contributed by atoms with E-state index >= 15 is 0 Å². The second kappa shape index (κ2) is 10.8. The van der Waals surface area contributed by atoms with Crippen molar-refractivity contribution < 1.29 is 4.79 Å². The van der Waals surface area contributed by atoms with Crippen LogP contribution in [0.4, 0.5) is 4.79 Å². The molecule has 0 unspecified atom stereocenters. The first kappa shape index (κ1) is 23.3. The zero-order valence-corrected chi connectivity index (χ0v) is 19.5. The van der Waals surface area contributed by atoms with E-state index in [-0.39, 0.29) is 23.7 Å². The van der Waals surface area contributed by atoms with Crippen LogP contribution in [-0.4, -0.2) is 54.1 Å². The maximum atomic E-state index is 12.7. The van der Waals surface area contributed by atoms with Crippen LogP contribution in [0, 0.1) is 0 Å². The summed E-state index contributed by atoms with van der Waals surface area (Å²) in [5, 5.41) is 6.29. The minimum atomic E-state index is -0.137. The molecule has 0 spiro atoms. The van der Waals surface area contributed by atoms with Gasteiger partial charge in [-0.25, -0.2) is 4.79 Å². The van der Waals surface area contributed by atoms with Crippen LogP contribution in [0.25, 0.3) is 0 Å². The van der Waals surface area contributed by atoms with E-state index in [1.54, 1.807) is 0 Å². The lowest BCUT2D eigenvalue weighted by atomic mass is 9.91. The highest BCUT2D eigenvalue weighted by Gasteiger charge is 2.35. The van der Waals surface area contributed by atoms with Gasteiger partial charge in [-0.05, 0) is 38.3 Å². The average molecular weight is 423 g/mol. The molecule has 1 saturated heterocycles. The van der Waals surface area contributed by atoms with Crippen molar-refractivity contribution in [3.05, 3.63) is 71.8 Å². The van der Waals surface area contributed by atoms with E-state index in [1.165, 1.54) is 5.56 Å². The average Bonchev–Trinajstić information content (AvgIpc) is 2.78. The summed E-state index contributed by atoms with van der Waals surface area (Å²) in [5.74, 6) is 0. The Balaban J connectivity index is 1.92. The summed E-state index contributed by atoms with van der Waals surface area (Å²) >= 11 is 0. The largest absolute Gasteiger partial charge is 0.338 e. The van der Waals surface area contributed by atoms with Crippen LogP contribution in [0.15, 0.2) is 60.7 Å². The molecular formula is C26H38N4O. The molecule has 0 saturated carbocycles. The number of carbonyl (C=O) groups excluding carboxylic acids is 1. The molecule has 5 nitrogen and oxygen atoms in total. The fourth-order valence-electron chi connectivity index (χ4n) is 4.37. The number of piperazine rings is 1. The van der Waals surface area contributed by atoms with Gasteiger partial charge in [0.2, 0.25) is 0 Å². The summed E-state index contributed by atoms with van der Waals surface area (Å²) in [5.41, 5.74) is 2.53. The number of hydrogen-bond acceptors (Lipinski definition) is 3. The topological polar surface area (TPSA) is 47.6 Å². The van der Waals surface area contributed by atoms with Crippen molar-refractivity contribution in [2.75, 3.05) is 32.7 Å². The van der Waals surface area contributed by atoms with Gasteiger partial charge in [-0.1, -0.05) is 67.6 Å². The third-order valence-electron chi connectivity index (χ3n) is 6.09. The predicted molar refractivity (Wildman–Crippen MR) is 128 cm³/mol. The van der Waals surface area contributed by atoms with E-state index in [4.69, 9.17) is 0 Å². The molecule has 1 aliphatic heterocycles. The van der Waals surface area contributed by atoms with Crippen molar-refractivity contribution in [2.24, 2.45) is 0 Å². The summed E-state index contributed by atoms with van der Waals surface area (Å²) in [4.78, 5) is 17.8. The van der Waals surface area contributed by atoms with E-state index in [0.29, 0.717) is 6.54 Å². The van der Waals surface area contributed by atoms with Crippen molar-refractivity contribution in [3.8, 4) is 0 Å². The fourth-order valence-corrected chi connectivity index (χ4v) is 4.37. The second-order valence-electron chi connectivity index (χ2n) is 9.34. The van der Waals surface area contributed by atoms with Gasteiger partial charge in [-0.15, -0.1) is 0 Å². The van der Waals surface area contributed by atoms with Crippen LogP contribution in [0.2, 0.25) is 0 Å². The molecule has 2 atom stereocenters. The van der Waals surface area contributed by atoms with Gasteiger partial charge in [-0.3, -0.25) is 9.80 Å². The first-order chi connectivity index (χ1) is 14.9. The highest BCUT2D eigenvalue weighted by molar-refractivity contribution is 5.74. The minimum absolute atomic E-state index is 0.0677. The molecule has 31 heavy (non-hydrogen) atoms. The number of urea groups is 1. The molecule has 2 amide bonds. The number of benzene rings is 2. The van der Waals surface area contributed by atoms with Crippen LogP contribution in [0.1, 0.15) is 57.3 Å². The monoisotopic (exact) mass is 422 g/mol. The van der Waals surface area contributed by atoms with Gasteiger partial charge in [0.25, 0.3) is 0 Å². The molecular weight excluding hydrogens is 384 g/mol.